The van der Waals surface area contributed by atoms with Crippen molar-refractivity contribution in [1.29, 1.82) is 0 Å². The maximum atomic E-state index is 4.11. The third-order valence-corrected chi connectivity index (χ3v) is 1.38. The molecule has 1 aromatic rings. The highest BCUT2D eigenvalue weighted by Gasteiger charge is 1.91. The molecule has 0 atom stereocenters. The SMILES string of the molecule is C/C=N/c1cccnc1S. The Morgan fingerprint density at radius 3 is 3.10 bits per heavy atom. The zero-order chi connectivity index (χ0) is 7.40. The minimum Gasteiger partial charge on any atom is -0.259 e. The second kappa shape index (κ2) is 3.37. The highest BCUT2D eigenvalue weighted by Crippen LogP contribution is 2.18. The van der Waals surface area contributed by atoms with Gasteiger partial charge >= 0.3 is 0 Å². The van der Waals surface area contributed by atoms with Gasteiger partial charge in [0.2, 0.25) is 0 Å². The number of aliphatic imine (C=N–C) groups is 1. The van der Waals surface area contributed by atoms with Gasteiger partial charge in [-0.2, -0.15) is 0 Å². The van der Waals surface area contributed by atoms with Crippen LogP contribution in [0.3, 0.4) is 0 Å². The molecule has 52 valence electrons. The third kappa shape index (κ3) is 1.57. The molecule has 2 nitrogen and oxygen atoms in total. The molecule has 0 fully saturated rings. The predicted molar refractivity (Wildman–Crippen MR) is 45.3 cm³/mol. The van der Waals surface area contributed by atoms with Crippen LogP contribution in [-0.2, 0) is 0 Å². The van der Waals surface area contributed by atoms with Gasteiger partial charge in [-0.3, -0.25) is 4.99 Å². The molecule has 10 heavy (non-hydrogen) atoms. The number of aromatic nitrogens is 1. The van der Waals surface area contributed by atoms with Crippen molar-refractivity contribution in [3.63, 3.8) is 0 Å². The van der Waals surface area contributed by atoms with Crippen molar-refractivity contribution in [2.75, 3.05) is 0 Å². The highest BCUT2D eigenvalue weighted by molar-refractivity contribution is 7.80. The van der Waals surface area contributed by atoms with Gasteiger partial charge in [0.25, 0.3) is 0 Å². The van der Waals surface area contributed by atoms with Gasteiger partial charge in [-0.1, -0.05) is 0 Å². The molecule has 0 aromatic carbocycles. The standard InChI is InChI=1S/C7H8N2S/c1-2-8-6-4-3-5-9-7(6)10/h2-5H,1H3,(H,9,10)/b8-2+. The van der Waals surface area contributed by atoms with Crippen LogP contribution >= 0.6 is 12.6 Å². The van der Waals surface area contributed by atoms with Crippen LogP contribution in [-0.4, -0.2) is 11.2 Å². The fourth-order valence-electron chi connectivity index (χ4n) is 0.628. The van der Waals surface area contributed by atoms with E-state index in [9.17, 15) is 0 Å². The molecule has 0 spiro atoms. The maximum absolute atomic E-state index is 4.11. The second-order valence-corrected chi connectivity index (χ2v) is 2.16. The first-order valence-corrected chi connectivity index (χ1v) is 3.42. The highest BCUT2D eigenvalue weighted by atomic mass is 32.1. The first-order chi connectivity index (χ1) is 4.84. The van der Waals surface area contributed by atoms with E-state index in [4.69, 9.17) is 0 Å². The second-order valence-electron chi connectivity index (χ2n) is 1.73. The molecule has 0 amide bonds. The Kier molecular flexibility index (Phi) is 2.45. The summed E-state index contributed by atoms with van der Waals surface area (Å²) in [5.41, 5.74) is 0.813. The van der Waals surface area contributed by atoms with Crippen molar-refractivity contribution in [3.8, 4) is 0 Å². The molecule has 0 unspecified atom stereocenters. The lowest BCUT2D eigenvalue weighted by molar-refractivity contribution is 1.13. The van der Waals surface area contributed by atoms with Crippen molar-refractivity contribution in [1.82, 2.24) is 4.98 Å². The average Bonchev–Trinajstić information content (AvgIpc) is 1.94. The van der Waals surface area contributed by atoms with Crippen LogP contribution < -0.4 is 0 Å². The summed E-state index contributed by atoms with van der Waals surface area (Å²) in [4.78, 5) is 7.99. The summed E-state index contributed by atoms with van der Waals surface area (Å²) in [6.07, 6.45) is 3.41. The van der Waals surface area contributed by atoms with Crippen molar-refractivity contribution in [2.45, 2.75) is 11.9 Å². The van der Waals surface area contributed by atoms with E-state index in [1.165, 1.54) is 0 Å². The Balaban J connectivity index is 3.03. The summed E-state index contributed by atoms with van der Waals surface area (Å²) in [5, 5.41) is 0.667. The Bertz CT molecular complexity index is 245. The molecule has 0 bridgehead atoms. The van der Waals surface area contributed by atoms with E-state index in [1.807, 2.05) is 19.1 Å². The van der Waals surface area contributed by atoms with Crippen molar-refractivity contribution >= 4 is 24.5 Å². The van der Waals surface area contributed by atoms with Gasteiger partial charge in [0.05, 0.1) is 5.69 Å². The van der Waals surface area contributed by atoms with Gasteiger partial charge in [-0.05, 0) is 19.1 Å². The number of thiol groups is 1. The average molecular weight is 152 g/mol. The maximum Gasteiger partial charge on any atom is 0.119 e. The van der Waals surface area contributed by atoms with Crippen LogP contribution in [0.2, 0.25) is 0 Å². The molecule has 0 radical (unpaired) electrons. The molecule has 1 rings (SSSR count). The molecule has 0 aliphatic heterocycles. The van der Waals surface area contributed by atoms with Gasteiger partial charge in [0.15, 0.2) is 0 Å². The third-order valence-electron chi connectivity index (χ3n) is 1.03. The van der Waals surface area contributed by atoms with E-state index >= 15 is 0 Å². The largest absolute Gasteiger partial charge is 0.259 e. The molecular formula is C7H8N2S. The van der Waals surface area contributed by atoms with Crippen molar-refractivity contribution in [2.24, 2.45) is 4.99 Å². The Labute approximate surface area is 65.4 Å². The van der Waals surface area contributed by atoms with Crippen molar-refractivity contribution in [3.05, 3.63) is 18.3 Å². The minimum atomic E-state index is 0.667. The first-order valence-electron chi connectivity index (χ1n) is 2.97. The summed E-state index contributed by atoms with van der Waals surface area (Å²) >= 11 is 4.11. The van der Waals surface area contributed by atoms with Crippen LogP contribution in [0, 0.1) is 0 Å². The van der Waals surface area contributed by atoms with Gasteiger partial charge in [-0.15, -0.1) is 12.6 Å². The molecule has 0 aliphatic rings. The van der Waals surface area contributed by atoms with Crippen LogP contribution in [0.15, 0.2) is 28.3 Å². The quantitative estimate of drug-likeness (QED) is 0.484. The lowest BCUT2D eigenvalue weighted by Gasteiger charge is -1.93. The number of nitrogens with zero attached hydrogens (tertiary/aromatic N) is 2. The van der Waals surface area contributed by atoms with E-state index < -0.39 is 0 Å². The summed E-state index contributed by atoms with van der Waals surface area (Å²) < 4.78 is 0. The van der Waals surface area contributed by atoms with E-state index in [1.54, 1.807) is 12.4 Å². The number of hydrogen-bond donors (Lipinski definition) is 1. The van der Waals surface area contributed by atoms with Gasteiger partial charge < -0.3 is 0 Å². The molecule has 0 saturated heterocycles. The Morgan fingerprint density at radius 2 is 2.50 bits per heavy atom. The Morgan fingerprint density at radius 1 is 1.70 bits per heavy atom. The van der Waals surface area contributed by atoms with Gasteiger partial charge in [0.1, 0.15) is 5.03 Å². The van der Waals surface area contributed by atoms with Crippen molar-refractivity contribution < 1.29 is 0 Å². The predicted octanol–water partition coefficient (Wildman–Crippen LogP) is 2.09. The minimum absolute atomic E-state index is 0.667. The van der Waals surface area contributed by atoms with Crippen LogP contribution in [0.25, 0.3) is 0 Å². The molecule has 0 saturated carbocycles. The summed E-state index contributed by atoms with van der Waals surface area (Å²) in [7, 11) is 0. The number of pyridine rings is 1. The molecule has 0 aliphatic carbocycles. The van der Waals surface area contributed by atoms with Gasteiger partial charge in [0, 0.05) is 12.4 Å². The molecular weight excluding hydrogens is 144 g/mol. The zero-order valence-corrected chi connectivity index (χ0v) is 6.55. The van der Waals surface area contributed by atoms with Crippen LogP contribution in [0.4, 0.5) is 5.69 Å². The topological polar surface area (TPSA) is 25.2 Å². The van der Waals surface area contributed by atoms with Crippen LogP contribution in [0.5, 0.6) is 0 Å². The fraction of sp³-hybridized carbons (Fsp3) is 0.143. The van der Waals surface area contributed by atoms with E-state index in [0.717, 1.165) is 5.69 Å². The molecule has 1 heterocycles. The summed E-state index contributed by atoms with van der Waals surface area (Å²) in [6, 6.07) is 3.71. The first kappa shape index (κ1) is 7.28. The Hall–Kier alpha value is -0.830. The lowest BCUT2D eigenvalue weighted by atomic mass is 10.4. The van der Waals surface area contributed by atoms with Crippen LogP contribution in [0.1, 0.15) is 6.92 Å². The van der Waals surface area contributed by atoms with E-state index in [2.05, 4.69) is 22.6 Å². The summed E-state index contributed by atoms with van der Waals surface area (Å²) in [5.74, 6) is 0. The van der Waals surface area contributed by atoms with Gasteiger partial charge in [-0.25, -0.2) is 4.98 Å². The summed E-state index contributed by atoms with van der Waals surface area (Å²) in [6.45, 7) is 1.86. The molecule has 1 aromatic heterocycles. The number of rotatable bonds is 1. The van der Waals surface area contributed by atoms with E-state index in [0.29, 0.717) is 5.03 Å². The monoisotopic (exact) mass is 152 g/mol. The number of hydrogen-bond acceptors (Lipinski definition) is 3. The smallest absolute Gasteiger partial charge is 0.119 e. The zero-order valence-electron chi connectivity index (χ0n) is 5.65. The molecule has 3 heteroatoms. The molecule has 0 N–H and O–H groups in total. The van der Waals surface area contributed by atoms with E-state index in [-0.39, 0.29) is 0 Å². The normalized spacial score (nSPS) is 10.6. The lowest BCUT2D eigenvalue weighted by Crippen LogP contribution is -1.74. The fourth-order valence-corrected chi connectivity index (χ4v) is 0.827.